The summed E-state index contributed by atoms with van der Waals surface area (Å²) in [5, 5.41) is 7.42. The van der Waals surface area contributed by atoms with E-state index in [1.165, 1.54) is 16.9 Å². The van der Waals surface area contributed by atoms with Crippen LogP contribution in [0.1, 0.15) is 21.5 Å². The standard InChI is InChI=1S/C24H18ClN3O2S/c1-16-5-9-18(10-6-16)22-15-31-24(27-22)28-26-14-17-7-11-21(12-8-17)30-23(29)19-3-2-4-20(25)13-19/h2-15H,1H3,(H,27,28)/b26-14-. The molecule has 3 aromatic carbocycles. The number of hydrazone groups is 1. The van der Waals surface area contributed by atoms with Gasteiger partial charge >= 0.3 is 5.97 Å². The Balaban J connectivity index is 1.34. The molecule has 0 aliphatic heterocycles. The second-order valence-electron chi connectivity index (χ2n) is 6.74. The molecule has 1 aromatic heterocycles. The van der Waals surface area contributed by atoms with Gasteiger partial charge in [-0.15, -0.1) is 11.3 Å². The largest absolute Gasteiger partial charge is 0.423 e. The zero-order valence-electron chi connectivity index (χ0n) is 16.6. The Hall–Kier alpha value is -3.48. The summed E-state index contributed by atoms with van der Waals surface area (Å²) in [5.74, 6) is -0.0171. The summed E-state index contributed by atoms with van der Waals surface area (Å²) >= 11 is 7.40. The average Bonchev–Trinajstić information content (AvgIpc) is 3.24. The molecule has 1 N–H and O–H groups in total. The summed E-state index contributed by atoms with van der Waals surface area (Å²) in [6, 6.07) is 21.9. The summed E-state index contributed by atoms with van der Waals surface area (Å²) in [5.41, 5.74) is 7.40. The fourth-order valence-electron chi connectivity index (χ4n) is 2.75. The van der Waals surface area contributed by atoms with Crippen LogP contribution in [-0.4, -0.2) is 17.2 Å². The van der Waals surface area contributed by atoms with E-state index in [1.54, 1.807) is 42.6 Å². The number of aryl methyl sites for hydroxylation is 1. The number of anilines is 1. The first-order valence-electron chi connectivity index (χ1n) is 9.46. The minimum absolute atomic E-state index is 0.399. The molecule has 4 aromatic rings. The number of hydrogen-bond donors (Lipinski definition) is 1. The summed E-state index contributed by atoms with van der Waals surface area (Å²) in [7, 11) is 0. The van der Waals surface area contributed by atoms with Crippen molar-refractivity contribution >= 4 is 40.3 Å². The van der Waals surface area contributed by atoms with E-state index in [2.05, 4.69) is 46.7 Å². The Morgan fingerprint density at radius 3 is 2.61 bits per heavy atom. The van der Waals surface area contributed by atoms with Crippen LogP contribution in [-0.2, 0) is 0 Å². The van der Waals surface area contributed by atoms with Gasteiger partial charge in [0.2, 0.25) is 5.13 Å². The van der Waals surface area contributed by atoms with Crippen molar-refractivity contribution in [1.82, 2.24) is 4.98 Å². The van der Waals surface area contributed by atoms with Crippen molar-refractivity contribution in [3.05, 3.63) is 99.9 Å². The lowest BCUT2D eigenvalue weighted by Crippen LogP contribution is -2.08. The Morgan fingerprint density at radius 2 is 1.87 bits per heavy atom. The number of carbonyl (C=O) groups is 1. The molecule has 0 saturated heterocycles. The van der Waals surface area contributed by atoms with Gasteiger partial charge in [0, 0.05) is 16.0 Å². The van der Waals surface area contributed by atoms with E-state index in [1.807, 2.05) is 17.5 Å². The van der Waals surface area contributed by atoms with Gasteiger partial charge in [0.05, 0.1) is 17.5 Å². The molecule has 154 valence electrons. The third-order valence-corrected chi connectivity index (χ3v) is 5.36. The second-order valence-corrected chi connectivity index (χ2v) is 8.04. The van der Waals surface area contributed by atoms with Gasteiger partial charge in [-0.3, -0.25) is 5.43 Å². The van der Waals surface area contributed by atoms with Crippen molar-refractivity contribution in [3.63, 3.8) is 0 Å². The van der Waals surface area contributed by atoms with Gasteiger partial charge in [-0.05, 0) is 55.0 Å². The Labute approximate surface area is 189 Å². The number of hydrogen-bond acceptors (Lipinski definition) is 6. The highest BCUT2D eigenvalue weighted by molar-refractivity contribution is 7.14. The molecule has 0 unspecified atom stereocenters. The van der Waals surface area contributed by atoms with Crippen LogP contribution in [0.2, 0.25) is 5.02 Å². The highest BCUT2D eigenvalue weighted by Crippen LogP contribution is 2.25. The molecule has 0 bridgehead atoms. The molecule has 0 saturated carbocycles. The van der Waals surface area contributed by atoms with Gasteiger partial charge < -0.3 is 4.74 Å². The van der Waals surface area contributed by atoms with E-state index < -0.39 is 5.97 Å². The van der Waals surface area contributed by atoms with Crippen molar-refractivity contribution in [2.24, 2.45) is 5.10 Å². The van der Waals surface area contributed by atoms with Crippen molar-refractivity contribution in [2.45, 2.75) is 6.92 Å². The molecular weight excluding hydrogens is 430 g/mol. The number of thiazole rings is 1. The summed E-state index contributed by atoms with van der Waals surface area (Å²) < 4.78 is 5.37. The smallest absolute Gasteiger partial charge is 0.343 e. The van der Waals surface area contributed by atoms with Crippen LogP contribution in [0, 0.1) is 6.92 Å². The van der Waals surface area contributed by atoms with E-state index in [0.717, 1.165) is 16.8 Å². The van der Waals surface area contributed by atoms with Crippen molar-refractivity contribution in [2.75, 3.05) is 5.43 Å². The third kappa shape index (κ3) is 5.57. The molecule has 0 atom stereocenters. The van der Waals surface area contributed by atoms with Gasteiger partial charge in [0.1, 0.15) is 5.75 Å². The Bertz CT molecular complexity index is 1220. The Morgan fingerprint density at radius 1 is 1.10 bits per heavy atom. The molecule has 0 amide bonds. The van der Waals surface area contributed by atoms with E-state index in [4.69, 9.17) is 16.3 Å². The maximum Gasteiger partial charge on any atom is 0.343 e. The molecule has 5 nitrogen and oxygen atoms in total. The number of nitrogens with zero attached hydrogens (tertiary/aromatic N) is 2. The minimum atomic E-state index is -0.460. The molecule has 4 rings (SSSR count). The molecule has 31 heavy (non-hydrogen) atoms. The summed E-state index contributed by atoms with van der Waals surface area (Å²) in [4.78, 5) is 16.7. The normalized spacial score (nSPS) is 10.9. The van der Waals surface area contributed by atoms with Gasteiger partial charge in [-0.2, -0.15) is 5.10 Å². The number of ether oxygens (including phenoxy) is 1. The topological polar surface area (TPSA) is 63.6 Å². The first-order valence-corrected chi connectivity index (χ1v) is 10.7. The van der Waals surface area contributed by atoms with E-state index in [0.29, 0.717) is 21.5 Å². The number of nitrogens with one attached hydrogen (secondary N) is 1. The Kier molecular flexibility index (Phi) is 6.40. The van der Waals surface area contributed by atoms with Crippen LogP contribution < -0.4 is 10.2 Å². The fraction of sp³-hybridized carbons (Fsp3) is 0.0417. The summed E-state index contributed by atoms with van der Waals surface area (Å²) in [6.07, 6.45) is 1.68. The zero-order chi connectivity index (χ0) is 21.6. The maximum atomic E-state index is 12.2. The van der Waals surface area contributed by atoms with Gasteiger partial charge in [-0.25, -0.2) is 9.78 Å². The molecule has 0 radical (unpaired) electrons. The number of aromatic nitrogens is 1. The number of benzene rings is 3. The molecular formula is C24H18ClN3O2S. The SMILES string of the molecule is Cc1ccc(-c2csc(N/N=C\c3ccc(OC(=O)c4cccc(Cl)c4)cc3)n2)cc1. The number of esters is 1. The van der Waals surface area contributed by atoms with Gasteiger partial charge in [-0.1, -0.05) is 47.5 Å². The molecule has 0 fully saturated rings. The average molecular weight is 448 g/mol. The quantitative estimate of drug-likeness (QED) is 0.160. The molecule has 1 heterocycles. The first kappa shape index (κ1) is 20.8. The lowest BCUT2D eigenvalue weighted by Gasteiger charge is -2.05. The van der Waals surface area contributed by atoms with Gasteiger partial charge in [0.15, 0.2) is 0 Å². The van der Waals surface area contributed by atoms with Crippen LogP contribution in [0.4, 0.5) is 5.13 Å². The second kappa shape index (κ2) is 9.55. The predicted octanol–water partition coefficient (Wildman–Crippen LogP) is 6.44. The third-order valence-electron chi connectivity index (χ3n) is 4.38. The number of halogens is 1. The highest BCUT2D eigenvalue weighted by atomic mass is 35.5. The predicted molar refractivity (Wildman–Crippen MR) is 126 cm³/mol. The number of carbonyl (C=O) groups excluding carboxylic acids is 1. The lowest BCUT2D eigenvalue weighted by molar-refractivity contribution is 0.0735. The number of rotatable bonds is 6. The van der Waals surface area contributed by atoms with E-state index >= 15 is 0 Å². The van der Waals surface area contributed by atoms with Crippen LogP contribution in [0.5, 0.6) is 5.75 Å². The van der Waals surface area contributed by atoms with Gasteiger partial charge in [0.25, 0.3) is 0 Å². The van der Waals surface area contributed by atoms with E-state index in [-0.39, 0.29) is 0 Å². The first-order chi connectivity index (χ1) is 15.1. The molecule has 0 aliphatic rings. The molecule has 0 aliphatic carbocycles. The van der Waals surface area contributed by atoms with Crippen molar-refractivity contribution < 1.29 is 9.53 Å². The maximum absolute atomic E-state index is 12.2. The lowest BCUT2D eigenvalue weighted by atomic mass is 10.1. The monoisotopic (exact) mass is 447 g/mol. The minimum Gasteiger partial charge on any atom is -0.423 e. The van der Waals surface area contributed by atoms with Crippen LogP contribution in [0.3, 0.4) is 0 Å². The van der Waals surface area contributed by atoms with Crippen molar-refractivity contribution in [1.29, 1.82) is 0 Å². The highest BCUT2D eigenvalue weighted by Gasteiger charge is 2.09. The molecule has 0 spiro atoms. The molecule has 7 heteroatoms. The van der Waals surface area contributed by atoms with E-state index in [9.17, 15) is 4.79 Å². The van der Waals surface area contributed by atoms with Crippen LogP contribution >= 0.6 is 22.9 Å². The van der Waals surface area contributed by atoms with Crippen molar-refractivity contribution in [3.8, 4) is 17.0 Å². The van der Waals surface area contributed by atoms with Crippen LogP contribution in [0.15, 0.2) is 83.3 Å². The fourth-order valence-corrected chi connectivity index (χ4v) is 3.61. The van der Waals surface area contributed by atoms with Crippen LogP contribution in [0.25, 0.3) is 11.3 Å². The summed E-state index contributed by atoms with van der Waals surface area (Å²) in [6.45, 7) is 2.06. The zero-order valence-corrected chi connectivity index (χ0v) is 18.2.